The minimum atomic E-state index is -4.48. The van der Waals surface area contributed by atoms with Crippen molar-refractivity contribution in [3.05, 3.63) is 39.7 Å². The van der Waals surface area contributed by atoms with Crippen molar-refractivity contribution in [3.63, 3.8) is 0 Å². The van der Waals surface area contributed by atoms with E-state index in [0.29, 0.717) is 0 Å². The molecule has 0 atom stereocenters. The summed E-state index contributed by atoms with van der Waals surface area (Å²) in [6.07, 6.45) is -4.48. The second-order valence-corrected chi connectivity index (χ2v) is 3.84. The Morgan fingerprint density at radius 1 is 1.38 bits per heavy atom. The summed E-state index contributed by atoms with van der Waals surface area (Å²) in [6.45, 7) is -2.19. The highest BCUT2D eigenvalue weighted by Crippen LogP contribution is 2.17. The summed E-state index contributed by atoms with van der Waals surface area (Å²) in [5, 5.41) is 12.6. The fraction of sp³-hybridized carbons (Fsp3) is 0.364. The third-order valence-corrected chi connectivity index (χ3v) is 2.20. The predicted molar refractivity (Wildman–Crippen MR) is 62.3 cm³/mol. The highest BCUT2D eigenvalue weighted by molar-refractivity contribution is 5.95. The van der Waals surface area contributed by atoms with Crippen LogP contribution in [0.1, 0.15) is 10.4 Å². The molecule has 0 saturated heterocycles. The highest BCUT2D eigenvalue weighted by atomic mass is 19.4. The molecule has 0 unspecified atom stereocenters. The van der Waals surface area contributed by atoms with Gasteiger partial charge in [-0.1, -0.05) is 0 Å². The molecule has 21 heavy (non-hydrogen) atoms. The number of nitro groups is 1. The minimum absolute atomic E-state index is 0.295. The summed E-state index contributed by atoms with van der Waals surface area (Å²) in [5.74, 6) is -1.96. The van der Waals surface area contributed by atoms with Gasteiger partial charge in [0.2, 0.25) is 0 Å². The zero-order chi connectivity index (χ0) is 16.0. The van der Waals surface area contributed by atoms with Crippen LogP contribution in [0.3, 0.4) is 0 Å². The van der Waals surface area contributed by atoms with E-state index in [1.807, 2.05) is 0 Å². The maximum Gasteiger partial charge on any atom is 0.411 e. The lowest BCUT2D eigenvalue weighted by molar-refractivity contribution is -0.384. The Bertz CT molecular complexity index is 533. The van der Waals surface area contributed by atoms with Crippen LogP contribution in [0, 0.1) is 15.9 Å². The Kier molecular flexibility index (Phi) is 5.59. The molecule has 1 rings (SSSR count). The molecule has 6 nitrogen and oxygen atoms in total. The number of non-ortho nitro benzene ring substituents is 1. The molecule has 116 valence electrons. The standard InChI is InChI=1S/C11H10F4N2O4/c12-9-2-1-7(17(19)20)5-8(9)10(18)16-3-4-21-6-11(13,14)15/h1-2,5H,3-4,6H2,(H,16,18). The largest absolute Gasteiger partial charge is 0.411 e. The Morgan fingerprint density at radius 2 is 2.05 bits per heavy atom. The summed E-state index contributed by atoms with van der Waals surface area (Å²) in [5.41, 5.74) is -1.05. The van der Waals surface area contributed by atoms with E-state index in [4.69, 9.17) is 0 Å². The van der Waals surface area contributed by atoms with Gasteiger partial charge in [0, 0.05) is 18.7 Å². The molecular weight excluding hydrogens is 300 g/mol. The van der Waals surface area contributed by atoms with Crippen LogP contribution in [0.15, 0.2) is 18.2 Å². The molecule has 0 spiro atoms. The van der Waals surface area contributed by atoms with Gasteiger partial charge in [0.05, 0.1) is 17.1 Å². The topological polar surface area (TPSA) is 81.5 Å². The van der Waals surface area contributed by atoms with Crippen LogP contribution >= 0.6 is 0 Å². The quantitative estimate of drug-likeness (QED) is 0.377. The van der Waals surface area contributed by atoms with E-state index in [-0.39, 0.29) is 6.54 Å². The fourth-order valence-electron chi connectivity index (χ4n) is 1.32. The lowest BCUT2D eigenvalue weighted by atomic mass is 10.1. The molecule has 0 heterocycles. The highest BCUT2D eigenvalue weighted by Gasteiger charge is 2.27. The van der Waals surface area contributed by atoms with Crippen molar-refractivity contribution in [2.45, 2.75) is 6.18 Å². The lowest BCUT2D eigenvalue weighted by Gasteiger charge is -2.08. The molecule has 1 aromatic carbocycles. The van der Waals surface area contributed by atoms with Gasteiger partial charge < -0.3 is 10.1 Å². The van der Waals surface area contributed by atoms with Crippen molar-refractivity contribution in [1.29, 1.82) is 0 Å². The Morgan fingerprint density at radius 3 is 2.62 bits per heavy atom. The van der Waals surface area contributed by atoms with E-state index in [9.17, 15) is 32.5 Å². The molecule has 1 aromatic rings. The third-order valence-electron chi connectivity index (χ3n) is 2.20. The average molecular weight is 310 g/mol. The summed E-state index contributed by atoms with van der Waals surface area (Å²) in [6, 6.07) is 2.38. The number of nitro benzene ring substituents is 1. The summed E-state index contributed by atoms with van der Waals surface area (Å²) in [7, 11) is 0. The van der Waals surface area contributed by atoms with Gasteiger partial charge in [-0.05, 0) is 6.07 Å². The maximum atomic E-state index is 13.4. The van der Waals surface area contributed by atoms with Crippen molar-refractivity contribution >= 4 is 11.6 Å². The van der Waals surface area contributed by atoms with Crippen LogP contribution in [-0.4, -0.2) is 36.8 Å². The molecule has 0 aliphatic heterocycles. The first kappa shape index (κ1) is 16.8. The number of alkyl halides is 3. The number of benzene rings is 1. The second kappa shape index (κ2) is 6.97. The van der Waals surface area contributed by atoms with E-state index in [0.717, 1.165) is 18.2 Å². The van der Waals surface area contributed by atoms with Gasteiger partial charge in [-0.2, -0.15) is 13.2 Å². The van der Waals surface area contributed by atoms with Crippen molar-refractivity contribution in [1.82, 2.24) is 5.32 Å². The molecule has 0 aliphatic rings. The van der Waals surface area contributed by atoms with E-state index in [1.54, 1.807) is 0 Å². The number of nitrogens with zero attached hydrogens (tertiary/aromatic N) is 1. The maximum absolute atomic E-state index is 13.4. The molecule has 0 bridgehead atoms. The van der Waals surface area contributed by atoms with Gasteiger partial charge in [-0.15, -0.1) is 0 Å². The monoisotopic (exact) mass is 310 g/mol. The van der Waals surface area contributed by atoms with Gasteiger partial charge in [0.1, 0.15) is 12.4 Å². The van der Waals surface area contributed by atoms with Crippen LogP contribution in [-0.2, 0) is 4.74 Å². The van der Waals surface area contributed by atoms with Crippen molar-refractivity contribution in [2.75, 3.05) is 19.8 Å². The first-order chi connectivity index (χ1) is 9.70. The van der Waals surface area contributed by atoms with E-state index < -0.39 is 47.3 Å². The van der Waals surface area contributed by atoms with Crippen LogP contribution < -0.4 is 5.32 Å². The Labute approximate surface area is 115 Å². The van der Waals surface area contributed by atoms with Gasteiger partial charge in [0.25, 0.3) is 11.6 Å². The van der Waals surface area contributed by atoms with Gasteiger partial charge >= 0.3 is 6.18 Å². The smallest absolute Gasteiger partial charge is 0.370 e. The zero-order valence-corrected chi connectivity index (χ0v) is 10.4. The van der Waals surface area contributed by atoms with Crippen LogP contribution in [0.4, 0.5) is 23.2 Å². The van der Waals surface area contributed by atoms with Crippen LogP contribution in [0.5, 0.6) is 0 Å². The van der Waals surface area contributed by atoms with Crippen molar-refractivity contribution < 1.29 is 32.0 Å². The third kappa shape index (κ3) is 5.73. The van der Waals surface area contributed by atoms with Gasteiger partial charge in [0.15, 0.2) is 0 Å². The minimum Gasteiger partial charge on any atom is -0.370 e. The first-order valence-corrected chi connectivity index (χ1v) is 5.57. The Balaban J connectivity index is 2.52. The lowest BCUT2D eigenvalue weighted by Crippen LogP contribution is -2.29. The second-order valence-electron chi connectivity index (χ2n) is 3.84. The number of carbonyl (C=O) groups is 1. The number of hydrogen-bond donors (Lipinski definition) is 1. The van der Waals surface area contributed by atoms with Gasteiger partial charge in [-0.25, -0.2) is 4.39 Å². The van der Waals surface area contributed by atoms with Gasteiger partial charge in [-0.3, -0.25) is 14.9 Å². The molecule has 0 aromatic heterocycles. The van der Waals surface area contributed by atoms with Crippen LogP contribution in [0.2, 0.25) is 0 Å². The molecule has 10 heteroatoms. The van der Waals surface area contributed by atoms with Crippen molar-refractivity contribution in [3.8, 4) is 0 Å². The van der Waals surface area contributed by atoms with Crippen molar-refractivity contribution in [2.24, 2.45) is 0 Å². The van der Waals surface area contributed by atoms with E-state index in [2.05, 4.69) is 10.1 Å². The SMILES string of the molecule is O=C(NCCOCC(F)(F)F)c1cc([N+](=O)[O-])ccc1F. The summed E-state index contributed by atoms with van der Waals surface area (Å²) >= 11 is 0. The summed E-state index contributed by atoms with van der Waals surface area (Å²) in [4.78, 5) is 21.3. The molecule has 1 amide bonds. The molecule has 1 N–H and O–H groups in total. The predicted octanol–water partition coefficient (Wildman–Crippen LogP) is 2.04. The van der Waals surface area contributed by atoms with E-state index >= 15 is 0 Å². The zero-order valence-electron chi connectivity index (χ0n) is 10.4. The first-order valence-electron chi connectivity index (χ1n) is 5.57. The Hall–Kier alpha value is -2.23. The molecule has 0 radical (unpaired) electrons. The fourth-order valence-corrected chi connectivity index (χ4v) is 1.32. The number of nitrogens with one attached hydrogen (secondary N) is 1. The number of carbonyl (C=O) groups excluding carboxylic acids is 1. The number of halogens is 4. The summed E-state index contributed by atoms with van der Waals surface area (Å²) < 4.78 is 52.8. The normalized spacial score (nSPS) is 11.2. The van der Waals surface area contributed by atoms with E-state index in [1.165, 1.54) is 0 Å². The average Bonchev–Trinajstić information content (AvgIpc) is 2.36. The molecule has 0 fully saturated rings. The molecule has 0 saturated carbocycles. The number of hydrogen-bond acceptors (Lipinski definition) is 4. The van der Waals surface area contributed by atoms with Crippen LogP contribution in [0.25, 0.3) is 0 Å². The molecule has 0 aliphatic carbocycles. The number of amides is 1. The number of rotatable bonds is 6. The molecular formula is C11H10F4N2O4. The number of ether oxygens (including phenoxy) is 1.